The van der Waals surface area contributed by atoms with Crippen LogP contribution < -0.4 is 11.5 Å². The average molecular weight is 188 g/mol. The molecular weight excluding hydrogens is 178 g/mol. The van der Waals surface area contributed by atoms with Crippen molar-refractivity contribution in [1.82, 2.24) is 4.98 Å². The lowest BCUT2D eigenvalue weighted by Gasteiger charge is -2.08. The van der Waals surface area contributed by atoms with Crippen LogP contribution in [0.3, 0.4) is 0 Å². The molecule has 5 N–H and O–H groups in total. The van der Waals surface area contributed by atoms with Crippen molar-refractivity contribution in [3.63, 3.8) is 0 Å². The third-order valence-electron chi connectivity index (χ3n) is 1.51. The topological polar surface area (TPSA) is 85.2 Å². The van der Waals surface area contributed by atoms with Crippen LogP contribution in [0.2, 0.25) is 5.15 Å². The summed E-state index contributed by atoms with van der Waals surface area (Å²) in [6.07, 6.45) is 1.50. The summed E-state index contributed by atoms with van der Waals surface area (Å²) in [6, 6.07) is 1.16. The Morgan fingerprint density at radius 3 is 2.83 bits per heavy atom. The zero-order valence-corrected chi connectivity index (χ0v) is 7.12. The van der Waals surface area contributed by atoms with Crippen LogP contribution in [-0.2, 0) is 0 Å². The molecule has 1 aromatic rings. The van der Waals surface area contributed by atoms with E-state index in [1.54, 1.807) is 6.07 Å². The molecule has 4 nitrogen and oxygen atoms in total. The molecule has 1 heterocycles. The molecule has 66 valence electrons. The first-order chi connectivity index (χ1) is 5.65. The summed E-state index contributed by atoms with van der Waals surface area (Å²) in [7, 11) is 0. The molecule has 0 aromatic carbocycles. The highest BCUT2D eigenvalue weighted by Gasteiger charge is 2.06. The lowest BCUT2D eigenvalue weighted by Crippen LogP contribution is -2.15. The molecule has 0 fully saturated rings. The van der Waals surface area contributed by atoms with Gasteiger partial charge in [0, 0.05) is 6.20 Å². The number of hydrogen-bond acceptors (Lipinski definition) is 4. The first-order valence-corrected chi connectivity index (χ1v) is 3.80. The number of nitrogen functional groups attached to an aromatic ring is 1. The predicted molar refractivity (Wildman–Crippen MR) is 47.7 cm³/mol. The maximum Gasteiger partial charge on any atom is 0.151 e. The van der Waals surface area contributed by atoms with Crippen LogP contribution in [0.25, 0.3) is 0 Å². The second-order valence-electron chi connectivity index (χ2n) is 2.44. The summed E-state index contributed by atoms with van der Waals surface area (Å²) in [6.45, 7) is -0.136. The molecule has 1 rings (SSSR count). The van der Waals surface area contributed by atoms with Gasteiger partial charge in [-0.25, -0.2) is 4.98 Å². The number of rotatable bonds is 2. The van der Waals surface area contributed by atoms with Gasteiger partial charge in [0.2, 0.25) is 0 Å². The van der Waals surface area contributed by atoms with Crippen molar-refractivity contribution in [2.45, 2.75) is 6.04 Å². The monoisotopic (exact) mass is 187 g/mol. The van der Waals surface area contributed by atoms with E-state index < -0.39 is 6.04 Å². The van der Waals surface area contributed by atoms with Crippen molar-refractivity contribution >= 4 is 17.3 Å². The first kappa shape index (κ1) is 9.25. The average Bonchev–Trinajstić information content (AvgIpc) is 2.08. The third kappa shape index (κ3) is 1.85. The maximum atomic E-state index is 8.72. The fourth-order valence-corrected chi connectivity index (χ4v) is 0.894. The van der Waals surface area contributed by atoms with Gasteiger partial charge in [-0.15, -0.1) is 0 Å². The number of aromatic nitrogens is 1. The van der Waals surface area contributed by atoms with Gasteiger partial charge in [-0.2, -0.15) is 0 Å². The van der Waals surface area contributed by atoms with Crippen LogP contribution in [0, 0.1) is 0 Å². The molecule has 0 aliphatic rings. The summed E-state index contributed by atoms with van der Waals surface area (Å²) >= 11 is 5.59. The van der Waals surface area contributed by atoms with Gasteiger partial charge >= 0.3 is 0 Å². The molecule has 0 radical (unpaired) electrons. The lowest BCUT2D eigenvalue weighted by atomic mass is 10.1. The van der Waals surface area contributed by atoms with E-state index in [1.165, 1.54) is 6.20 Å². The summed E-state index contributed by atoms with van der Waals surface area (Å²) in [5, 5.41) is 8.98. The Morgan fingerprint density at radius 1 is 1.67 bits per heavy atom. The van der Waals surface area contributed by atoms with E-state index in [0.29, 0.717) is 11.3 Å². The van der Waals surface area contributed by atoms with E-state index >= 15 is 0 Å². The van der Waals surface area contributed by atoms with E-state index in [9.17, 15) is 0 Å². The molecule has 12 heavy (non-hydrogen) atoms. The van der Waals surface area contributed by atoms with Gasteiger partial charge in [0.1, 0.15) is 0 Å². The summed E-state index contributed by atoms with van der Waals surface area (Å²) in [5.74, 6) is 0. The molecule has 0 saturated carbocycles. The number of anilines is 1. The Balaban J connectivity index is 2.96. The third-order valence-corrected chi connectivity index (χ3v) is 1.83. The van der Waals surface area contributed by atoms with Crippen LogP contribution in [0.15, 0.2) is 12.3 Å². The standard InChI is InChI=1S/C7H10ClN3O/c8-7-5(9)1-4(2-11-7)6(10)3-12/h1-2,6,12H,3,9-10H2. The fraction of sp³-hybridized carbons (Fsp3) is 0.286. The van der Waals surface area contributed by atoms with Crippen LogP contribution >= 0.6 is 11.6 Å². The molecule has 0 aliphatic heterocycles. The molecule has 0 bridgehead atoms. The minimum absolute atomic E-state index is 0.136. The van der Waals surface area contributed by atoms with Gasteiger partial charge in [-0.1, -0.05) is 11.6 Å². The molecule has 1 unspecified atom stereocenters. The maximum absolute atomic E-state index is 8.72. The smallest absolute Gasteiger partial charge is 0.151 e. The summed E-state index contributed by atoms with van der Waals surface area (Å²) in [5.41, 5.74) is 12.1. The lowest BCUT2D eigenvalue weighted by molar-refractivity contribution is 0.268. The molecule has 0 saturated heterocycles. The normalized spacial score (nSPS) is 12.9. The number of nitrogens with zero attached hydrogens (tertiary/aromatic N) is 1. The van der Waals surface area contributed by atoms with Gasteiger partial charge in [-0.3, -0.25) is 0 Å². The van der Waals surface area contributed by atoms with Crippen molar-refractivity contribution in [3.05, 3.63) is 23.0 Å². The molecule has 0 aliphatic carbocycles. The number of hydrogen-bond donors (Lipinski definition) is 3. The number of nitrogens with two attached hydrogens (primary N) is 2. The first-order valence-electron chi connectivity index (χ1n) is 3.42. The summed E-state index contributed by atoms with van der Waals surface area (Å²) < 4.78 is 0. The van der Waals surface area contributed by atoms with E-state index in [0.717, 1.165) is 0 Å². The molecular formula is C7H10ClN3O. The highest BCUT2D eigenvalue weighted by Crippen LogP contribution is 2.18. The van der Waals surface area contributed by atoms with Gasteiger partial charge in [0.25, 0.3) is 0 Å². The highest BCUT2D eigenvalue weighted by molar-refractivity contribution is 6.31. The minimum Gasteiger partial charge on any atom is -0.396 e. The van der Waals surface area contributed by atoms with E-state index in [4.69, 9.17) is 28.2 Å². The van der Waals surface area contributed by atoms with Crippen LogP contribution in [-0.4, -0.2) is 16.7 Å². The van der Waals surface area contributed by atoms with Gasteiger partial charge < -0.3 is 16.6 Å². The van der Waals surface area contributed by atoms with Crippen LogP contribution in [0.1, 0.15) is 11.6 Å². The molecule has 0 amide bonds. The number of halogens is 1. The van der Waals surface area contributed by atoms with Gasteiger partial charge in [0.05, 0.1) is 18.3 Å². The van der Waals surface area contributed by atoms with Crippen molar-refractivity contribution in [3.8, 4) is 0 Å². The van der Waals surface area contributed by atoms with E-state index in [2.05, 4.69) is 4.98 Å². The zero-order valence-electron chi connectivity index (χ0n) is 6.37. The Kier molecular flexibility index (Phi) is 2.86. The highest BCUT2D eigenvalue weighted by atomic mass is 35.5. The fourth-order valence-electron chi connectivity index (χ4n) is 0.790. The Labute approximate surface area is 75.2 Å². The second-order valence-corrected chi connectivity index (χ2v) is 2.80. The van der Waals surface area contributed by atoms with Crippen LogP contribution in [0.5, 0.6) is 0 Å². The predicted octanol–water partition coefficient (Wildman–Crippen LogP) is 0.309. The Hall–Kier alpha value is -0.840. The van der Waals surface area contributed by atoms with E-state index in [-0.39, 0.29) is 11.8 Å². The Morgan fingerprint density at radius 2 is 2.33 bits per heavy atom. The van der Waals surface area contributed by atoms with Crippen LogP contribution in [0.4, 0.5) is 5.69 Å². The second kappa shape index (κ2) is 3.71. The molecule has 5 heteroatoms. The SMILES string of the molecule is Nc1cc(C(N)CO)cnc1Cl. The summed E-state index contributed by atoms with van der Waals surface area (Å²) in [4.78, 5) is 3.80. The van der Waals surface area contributed by atoms with Crippen molar-refractivity contribution in [1.29, 1.82) is 0 Å². The van der Waals surface area contributed by atoms with Crippen molar-refractivity contribution in [2.75, 3.05) is 12.3 Å². The molecule has 1 atom stereocenters. The largest absolute Gasteiger partial charge is 0.396 e. The van der Waals surface area contributed by atoms with Crippen molar-refractivity contribution < 1.29 is 5.11 Å². The number of aliphatic hydroxyl groups excluding tert-OH is 1. The van der Waals surface area contributed by atoms with Gasteiger partial charge in [-0.05, 0) is 11.6 Å². The molecule has 1 aromatic heterocycles. The Bertz CT molecular complexity index is 279. The number of aliphatic hydroxyl groups is 1. The van der Waals surface area contributed by atoms with Gasteiger partial charge in [0.15, 0.2) is 5.15 Å². The quantitative estimate of drug-likeness (QED) is 0.582. The molecule has 0 spiro atoms. The minimum atomic E-state index is -0.447. The van der Waals surface area contributed by atoms with E-state index in [1.807, 2.05) is 0 Å². The number of pyridine rings is 1. The van der Waals surface area contributed by atoms with Crippen molar-refractivity contribution in [2.24, 2.45) is 5.73 Å². The zero-order chi connectivity index (χ0) is 9.14.